The molecule has 18 heavy (non-hydrogen) atoms. The van der Waals surface area contributed by atoms with Crippen LogP contribution < -0.4 is 4.90 Å². The summed E-state index contributed by atoms with van der Waals surface area (Å²) in [6.07, 6.45) is 4.95. The lowest BCUT2D eigenvalue weighted by Gasteiger charge is -2.43. The molecule has 2 heterocycles. The summed E-state index contributed by atoms with van der Waals surface area (Å²) in [6, 6.07) is 6.20. The molecule has 1 aromatic carbocycles. The van der Waals surface area contributed by atoms with Gasteiger partial charge in [-0.05, 0) is 38.3 Å². The number of benzene rings is 1. The number of hydrogen-bond acceptors (Lipinski definition) is 2. The molecule has 0 bridgehead atoms. The molecule has 3 rings (SSSR count). The minimum atomic E-state index is 0.221. The third kappa shape index (κ3) is 1.69. The van der Waals surface area contributed by atoms with E-state index in [9.17, 15) is 4.79 Å². The molecular formula is C15H20N2O. The van der Waals surface area contributed by atoms with Crippen LogP contribution in [0.3, 0.4) is 0 Å². The van der Waals surface area contributed by atoms with Crippen LogP contribution in [0.1, 0.15) is 41.6 Å². The van der Waals surface area contributed by atoms with E-state index in [1.165, 1.54) is 12.8 Å². The summed E-state index contributed by atoms with van der Waals surface area (Å²) in [4.78, 5) is 16.9. The molecule has 3 nitrogen and oxygen atoms in total. The standard InChI is InChI=1S/C15H20N2O/c1-11-7-8-13-12(10-11)15(18)17-9-5-3-4-6-14(17)16(13)2/h7-8,10,14H,3-6,9H2,1-2H3. The summed E-state index contributed by atoms with van der Waals surface area (Å²) in [6.45, 7) is 2.95. The highest BCUT2D eigenvalue weighted by atomic mass is 16.2. The fourth-order valence-electron chi connectivity index (χ4n) is 3.17. The number of amides is 1. The Hall–Kier alpha value is -1.51. The predicted octanol–water partition coefficient (Wildman–Crippen LogP) is 2.79. The second-order valence-electron chi connectivity index (χ2n) is 5.46. The predicted molar refractivity (Wildman–Crippen MR) is 72.9 cm³/mol. The van der Waals surface area contributed by atoms with E-state index in [4.69, 9.17) is 0 Å². The molecule has 1 amide bonds. The summed E-state index contributed by atoms with van der Waals surface area (Å²) in [5.74, 6) is 0.221. The lowest BCUT2D eigenvalue weighted by atomic mass is 10.0. The van der Waals surface area contributed by atoms with Crippen molar-refractivity contribution in [3.05, 3.63) is 29.3 Å². The van der Waals surface area contributed by atoms with Crippen molar-refractivity contribution in [3.8, 4) is 0 Å². The third-order valence-electron chi connectivity index (χ3n) is 4.19. The van der Waals surface area contributed by atoms with Gasteiger partial charge in [-0.2, -0.15) is 0 Å². The first kappa shape index (κ1) is 11.6. The molecule has 0 radical (unpaired) electrons. The van der Waals surface area contributed by atoms with Gasteiger partial charge in [0.1, 0.15) is 6.17 Å². The van der Waals surface area contributed by atoms with Gasteiger partial charge in [0.05, 0.1) is 11.3 Å². The molecule has 1 fully saturated rings. The molecule has 1 unspecified atom stereocenters. The molecular weight excluding hydrogens is 224 g/mol. The largest absolute Gasteiger partial charge is 0.354 e. The summed E-state index contributed by atoms with van der Waals surface area (Å²) >= 11 is 0. The van der Waals surface area contributed by atoms with Crippen LogP contribution in [0.5, 0.6) is 0 Å². The van der Waals surface area contributed by atoms with E-state index in [0.717, 1.165) is 36.2 Å². The number of carbonyl (C=O) groups is 1. The molecule has 2 aliphatic rings. The normalized spacial score (nSPS) is 23.4. The molecule has 96 valence electrons. The van der Waals surface area contributed by atoms with E-state index in [1.807, 2.05) is 13.0 Å². The first-order chi connectivity index (χ1) is 8.68. The van der Waals surface area contributed by atoms with Crippen molar-refractivity contribution >= 4 is 11.6 Å². The maximum atomic E-state index is 12.6. The van der Waals surface area contributed by atoms with Crippen LogP contribution in [0.25, 0.3) is 0 Å². The topological polar surface area (TPSA) is 23.6 Å². The number of anilines is 1. The highest BCUT2D eigenvalue weighted by Gasteiger charge is 2.35. The number of rotatable bonds is 0. The molecule has 0 N–H and O–H groups in total. The Bertz CT molecular complexity index is 483. The van der Waals surface area contributed by atoms with E-state index in [-0.39, 0.29) is 12.1 Å². The molecule has 0 aliphatic carbocycles. The summed E-state index contributed by atoms with van der Waals surface area (Å²) in [5.41, 5.74) is 3.12. The molecule has 1 aromatic rings. The second-order valence-corrected chi connectivity index (χ2v) is 5.46. The molecule has 0 spiro atoms. The SMILES string of the molecule is Cc1ccc2c(c1)C(=O)N1CCCCCC1N2C. The van der Waals surface area contributed by atoms with Gasteiger partial charge in [-0.3, -0.25) is 4.79 Å². The van der Waals surface area contributed by atoms with E-state index in [2.05, 4.69) is 29.0 Å². The van der Waals surface area contributed by atoms with Crippen molar-refractivity contribution in [1.82, 2.24) is 4.90 Å². The zero-order chi connectivity index (χ0) is 12.7. The molecule has 0 aromatic heterocycles. The van der Waals surface area contributed by atoms with Crippen molar-refractivity contribution in [3.63, 3.8) is 0 Å². The highest BCUT2D eigenvalue weighted by molar-refractivity contribution is 6.02. The van der Waals surface area contributed by atoms with Crippen LogP contribution in [-0.2, 0) is 0 Å². The molecule has 2 aliphatic heterocycles. The Morgan fingerprint density at radius 1 is 1.22 bits per heavy atom. The number of hydrogen-bond donors (Lipinski definition) is 0. The molecule has 1 saturated heterocycles. The van der Waals surface area contributed by atoms with Gasteiger partial charge in [-0.15, -0.1) is 0 Å². The number of aryl methyl sites for hydroxylation is 1. The molecule has 0 saturated carbocycles. The Kier molecular flexibility index (Phi) is 2.77. The van der Waals surface area contributed by atoms with E-state index >= 15 is 0 Å². The van der Waals surface area contributed by atoms with Crippen molar-refractivity contribution in [2.75, 3.05) is 18.5 Å². The Morgan fingerprint density at radius 2 is 2.06 bits per heavy atom. The van der Waals surface area contributed by atoms with Crippen LogP contribution in [-0.4, -0.2) is 30.6 Å². The van der Waals surface area contributed by atoms with Crippen molar-refractivity contribution in [1.29, 1.82) is 0 Å². The number of nitrogens with zero attached hydrogens (tertiary/aromatic N) is 2. The van der Waals surface area contributed by atoms with Crippen LogP contribution in [0.15, 0.2) is 18.2 Å². The third-order valence-corrected chi connectivity index (χ3v) is 4.19. The van der Waals surface area contributed by atoms with Gasteiger partial charge >= 0.3 is 0 Å². The maximum Gasteiger partial charge on any atom is 0.257 e. The minimum absolute atomic E-state index is 0.221. The van der Waals surface area contributed by atoms with Crippen molar-refractivity contribution < 1.29 is 4.79 Å². The fourth-order valence-corrected chi connectivity index (χ4v) is 3.17. The maximum absolute atomic E-state index is 12.6. The van der Waals surface area contributed by atoms with Crippen molar-refractivity contribution in [2.45, 2.75) is 38.8 Å². The van der Waals surface area contributed by atoms with E-state index < -0.39 is 0 Å². The highest BCUT2D eigenvalue weighted by Crippen LogP contribution is 2.33. The summed E-state index contributed by atoms with van der Waals surface area (Å²) < 4.78 is 0. The monoisotopic (exact) mass is 244 g/mol. The zero-order valence-electron chi connectivity index (χ0n) is 11.1. The Morgan fingerprint density at radius 3 is 2.89 bits per heavy atom. The minimum Gasteiger partial charge on any atom is -0.354 e. The van der Waals surface area contributed by atoms with Crippen LogP contribution in [0.2, 0.25) is 0 Å². The smallest absolute Gasteiger partial charge is 0.257 e. The van der Waals surface area contributed by atoms with E-state index in [0.29, 0.717) is 0 Å². The lowest BCUT2D eigenvalue weighted by molar-refractivity contribution is 0.0662. The van der Waals surface area contributed by atoms with Crippen LogP contribution >= 0.6 is 0 Å². The Balaban J connectivity index is 2.07. The van der Waals surface area contributed by atoms with Gasteiger partial charge < -0.3 is 9.80 Å². The fraction of sp³-hybridized carbons (Fsp3) is 0.533. The van der Waals surface area contributed by atoms with Gasteiger partial charge in [0.15, 0.2) is 0 Å². The molecule has 3 heteroatoms. The number of carbonyl (C=O) groups excluding carboxylic acids is 1. The van der Waals surface area contributed by atoms with Gasteiger partial charge in [0, 0.05) is 13.6 Å². The summed E-state index contributed by atoms with van der Waals surface area (Å²) in [7, 11) is 2.11. The van der Waals surface area contributed by atoms with Crippen LogP contribution in [0, 0.1) is 6.92 Å². The van der Waals surface area contributed by atoms with Gasteiger partial charge in [0.25, 0.3) is 5.91 Å². The number of fused-ring (bicyclic) bond motifs is 2. The first-order valence-corrected chi connectivity index (χ1v) is 6.83. The van der Waals surface area contributed by atoms with E-state index in [1.54, 1.807) is 0 Å². The van der Waals surface area contributed by atoms with Gasteiger partial charge in [-0.25, -0.2) is 0 Å². The first-order valence-electron chi connectivity index (χ1n) is 6.83. The lowest BCUT2D eigenvalue weighted by Crippen LogP contribution is -2.53. The summed E-state index contributed by atoms with van der Waals surface area (Å²) in [5, 5.41) is 0. The van der Waals surface area contributed by atoms with Gasteiger partial charge in [-0.1, -0.05) is 18.1 Å². The van der Waals surface area contributed by atoms with Gasteiger partial charge in [0.2, 0.25) is 0 Å². The average molecular weight is 244 g/mol. The molecule has 1 atom stereocenters. The van der Waals surface area contributed by atoms with Crippen molar-refractivity contribution in [2.24, 2.45) is 0 Å². The second kappa shape index (κ2) is 4.30. The average Bonchev–Trinajstić information content (AvgIpc) is 2.61. The zero-order valence-corrected chi connectivity index (χ0v) is 11.1. The Labute approximate surface area is 108 Å². The quantitative estimate of drug-likeness (QED) is 0.700. The van der Waals surface area contributed by atoms with Crippen LogP contribution in [0.4, 0.5) is 5.69 Å².